The van der Waals surface area contributed by atoms with Crippen molar-refractivity contribution in [2.45, 2.75) is 50.9 Å². The molecule has 3 aliphatic carbocycles. The van der Waals surface area contributed by atoms with Crippen molar-refractivity contribution in [3.63, 3.8) is 0 Å². The minimum absolute atomic E-state index is 0.112. The van der Waals surface area contributed by atoms with E-state index in [1.54, 1.807) is 0 Å². The maximum atomic E-state index is 2.56. The number of benzene rings is 13. The molecule has 0 atom stereocenters. The molecule has 0 bridgehead atoms. The number of rotatable bonds is 6. The van der Waals surface area contributed by atoms with Gasteiger partial charge in [-0.3, -0.25) is 0 Å². The fourth-order valence-electron chi connectivity index (χ4n) is 14.8. The molecule has 0 N–H and O–H groups in total. The minimum Gasteiger partial charge on any atom is -0.310 e. The maximum Gasteiger partial charge on any atom is 0.0725 e. The second-order valence-corrected chi connectivity index (χ2v) is 24.3. The largest absolute Gasteiger partial charge is 0.310 e. The fourth-order valence-corrected chi connectivity index (χ4v) is 14.8. The van der Waals surface area contributed by atoms with E-state index in [0.29, 0.717) is 0 Å². The van der Waals surface area contributed by atoms with E-state index >= 15 is 0 Å². The molecule has 81 heavy (non-hydrogen) atoms. The zero-order valence-electron chi connectivity index (χ0n) is 46.4. The van der Waals surface area contributed by atoms with Gasteiger partial charge in [0.25, 0.3) is 0 Å². The van der Waals surface area contributed by atoms with Crippen LogP contribution in [0.15, 0.2) is 267 Å². The molecular weight excluding hydrogens is 975 g/mol. The molecular formula is C80H59N. The van der Waals surface area contributed by atoms with Crippen LogP contribution in [0.5, 0.6) is 0 Å². The number of nitrogens with zero attached hydrogens (tertiary/aromatic N) is 1. The molecule has 3 aliphatic rings. The zero-order valence-corrected chi connectivity index (χ0v) is 46.4. The quantitative estimate of drug-likeness (QED) is 0.150. The number of anilines is 3. The van der Waals surface area contributed by atoms with Crippen LogP contribution in [0, 0.1) is 0 Å². The van der Waals surface area contributed by atoms with E-state index in [-0.39, 0.29) is 10.8 Å². The van der Waals surface area contributed by atoms with Crippen molar-refractivity contribution >= 4 is 49.4 Å². The van der Waals surface area contributed by atoms with E-state index in [0.717, 1.165) is 17.1 Å². The molecule has 1 spiro atoms. The molecule has 384 valence electrons. The molecule has 0 saturated heterocycles. The fraction of sp³-hybridized carbons (Fsp3) is 0.100. The van der Waals surface area contributed by atoms with Crippen molar-refractivity contribution < 1.29 is 0 Å². The van der Waals surface area contributed by atoms with Crippen molar-refractivity contribution in [3.8, 4) is 66.8 Å². The Kier molecular flexibility index (Phi) is 10.2. The molecule has 0 heterocycles. The summed E-state index contributed by atoms with van der Waals surface area (Å²) in [4.78, 5) is 2.56. The Morgan fingerprint density at radius 2 is 0.778 bits per heavy atom. The van der Waals surface area contributed by atoms with E-state index in [1.165, 1.54) is 138 Å². The summed E-state index contributed by atoms with van der Waals surface area (Å²) in [5.41, 5.74) is 27.2. The predicted octanol–water partition coefficient (Wildman–Crippen LogP) is 21.6. The van der Waals surface area contributed by atoms with Gasteiger partial charge in [0.05, 0.1) is 11.1 Å². The number of hydrogen-bond donors (Lipinski definition) is 0. The first-order chi connectivity index (χ1) is 39.6. The van der Waals surface area contributed by atoms with Gasteiger partial charge in [-0.1, -0.05) is 259 Å². The van der Waals surface area contributed by atoms with Crippen LogP contribution in [-0.4, -0.2) is 0 Å². The Balaban J connectivity index is 0.929. The molecule has 0 amide bonds. The highest BCUT2D eigenvalue weighted by atomic mass is 15.1. The highest BCUT2D eigenvalue weighted by Gasteiger charge is 2.52. The summed E-state index contributed by atoms with van der Waals surface area (Å²) >= 11 is 0. The van der Waals surface area contributed by atoms with E-state index in [1.807, 2.05) is 0 Å². The number of fused-ring (bicyclic) bond motifs is 17. The van der Waals surface area contributed by atoms with Crippen LogP contribution in [0.2, 0.25) is 0 Å². The molecule has 0 aliphatic heterocycles. The van der Waals surface area contributed by atoms with Gasteiger partial charge in [0.1, 0.15) is 0 Å². The second-order valence-electron chi connectivity index (χ2n) is 24.3. The van der Waals surface area contributed by atoms with Crippen molar-refractivity contribution in [1.29, 1.82) is 0 Å². The Bertz CT molecular complexity index is 4690. The van der Waals surface area contributed by atoms with Crippen molar-refractivity contribution in [3.05, 3.63) is 306 Å². The molecule has 13 aromatic carbocycles. The average Bonchev–Trinajstić information content (AvgIpc) is 2.14. The smallest absolute Gasteiger partial charge is 0.0725 e. The Labute approximate surface area is 475 Å². The lowest BCUT2D eigenvalue weighted by atomic mass is 9.70. The van der Waals surface area contributed by atoms with Gasteiger partial charge in [-0.15, -0.1) is 0 Å². The predicted molar refractivity (Wildman–Crippen MR) is 343 cm³/mol. The van der Waals surface area contributed by atoms with Gasteiger partial charge >= 0.3 is 0 Å². The van der Waals surface area contributed by atoms with Crippen LogP contribution in [0.25, 0.3) is 99.1 Å². The SMILES string of the molecule is CC(C)(C)c1ccc(-c2ccc(-c3ccc(N(c4ccc5c(c4)-c4cc6ccc7ccccc7c6cc4C54c5ccccc5-c5ccccc54)c4ccc5ccccc5c4-c4cccc5c4C(C)(C)c4ccccc4-5)cc3)cc2)cc1. The molecule has 13 aromatic rings. The number of hydrogen-bond acceptors (Lipinski definition) is 1. The van der Waals surface area contributed by atoms with E-state index in [2.05, 4.69) is 306 Å². The standard InChI is InChI=1S/C80H59N/c1-78(2,3)57-40-35-52(36-41-57)50-29-31-51(32-30-50)53-37-42-58(43-38-53)81(75-46-39-55-18-7-9-20-61(55)76(75)66-25-16-24-65-64-23-10-13-26-70(64)79(4,5)77(65)66)59-44-45-73-69(48-59)68-47-56-34-33-54-17-6-8-19-60(54)67(56)49-74(68)80(73)71-27-14-11-21-62(71)63-22-12-15-28-72(63)80/h6-49H,1-5H3. The minimum atomic E-state index is -0.515. The van der Waals surface area contributed by atoms with Gasteiger partial charge in [0.15, 0.2) is 0 Å². The molecule has 0 radical (unpaired) electrons. The lowest BCUT2D eigenvalue weighted by Crippen LogP contribution is -2.26. The van der Waals surface area contributed by atoms with E-state index in [9.17, 15) is 0 Å². The zero-order chi connectivity index (χ0) is 54.4. The normalized spacial score (nSPS) is 13.9. The summed E-state index contributed by atoms with van der Waals surface area (Å²) < 4.78 is 0. The van der Waals surface area contributed by atoms with Gasteiger partial charge in [-0.05, 0) is 180 Å². The first-order valence-electron chi connectivity index (χ1n) is 28.7. The van der Waals surface area contributed by atoms with Crippen LogP contribution >= 0.6 is 0 Å². The highest BCUT2D eigenvalue weighted by molar-refractivity contribution is 6.12. The van der Waals surface area contributed by atoms with E-state index in [4.69, 9.17) is 0 Å². The van der Waals surface area contributed by atoms with Crippen LogP contribution in [-0.2, 0) is 16.2 Å². The van der Waals surface area contributed by atoms with Crippen LogP contribution < -0.4 is 4.90 Å². The lowest BCUT2D eigenvalue weighted by Gasteiger charge is -2.32. The summed E-state index contributed by atoms with van der Waals surface area (Å²) in [6.07, 6.45) is 0. The van der Waals surface area contributed by atoms with Gasteiger partial charge in [-0.25, -0.2) is 0 Å². The first-order valence-corrected chi connectivity index (χ1v) is 28.7. The summed E-state index contributed by atoms with van der Waals surface area (Å²) in [6.45, 7) is 11.6. The first kappa shape index (κ1) is 47.4. The monoisotopic (exact) mass is 1030 g/mol. The Morgan fingerprint density at radius 1 is 0.309 bits per heavy atom. The maximum absolute atomic E-state index is 2.56. The molecule has 16 rings (SSSR count). The van der Waals surface area contributed by atoms with Gasteiger partial charge in [0.2, 0.25) is 0 Å². The van der Waals surface area contributed by atoms with Crippen molar-refractivity contribution in [2.24, 2.45) is 0 Å². The highest BCUT2D eigenvalue weighted by Crippen LogP contribution is 2.64. The summed E-state index contributed by atoms with van der Waals surface area (Å²) in [7, 11) is 0. The molecule has 1 nitrogen and oxygen atoms in total. The molecule has 0 aromatic heterocycles. The third-order valence-electron chi connectivity index (χ3n) is 18.6. The van der Waals surface area contributed by atoms with Crippen LogP contribution in [0.1, 0.15) is 73.6 Å². The van der Waals surface area contributed by atoms with Gasteiger partial charge in [-0.2, -0.15) is 0 Å². The lowest BCUT2D eigenvalue weighted by molar-refractivity contribution is 0.590. The van der Waals surface area contributed by atoms with Gasteiger partial charge < -0.3 is 4.90 Å². The third-order valence-corrected chi connectivity index (χ3v) is 18.6. The molecule has 0 fully saturated rings. The Hall–Kier alpha value is -9.56. The molecule has 1 heteroatoms. The van der Waals surface area contributed by atoms with Crippen molar-refractivity contribution in [1.82, 2.24) is 0 Å². The summed E-state index contributed by atoms with van der Waals surface area (Å²) in [6, 6.07) is 101. The summed E-state index contributed by atoms with van der Waals surface area (Å²) in [5, 5.41) is 7.52. The second kappa shape index (κ2) is 17.5. The summed E-state index contributed by atoms with van der Waals surface area (Å²) in [5.74, 6) is 0. The van der Waals surface area contributed by atoms with E-state index < -0.39 is 5.41 Å². The topological polar surface area (TPSA) is 3.24 Å². The van der Waals surface area contributed by atoms with Crippen molar-refractivity contribution in [2.75, 3.05) is 4.90 Å². The van der Waals surface area contributed by atoms with Gasteiger partial charge in [0, 0.05) is 22.4 Å². The third kappa shape index (κ3) is 6.91. The molecule has 0 unspecified atom stereocenters. The Morgan fingerprint density at radius 3 is 1.43 bits per heavy atom. The van der Waals surface area contributed by atoms with Crippen LogP contribution in [0.3, 0.4) is 0 Å². The molecule has 0 saturated carbocycles. The average molecular weight is 1030 g/mol. The van der Waals surface area contributed by atoms with Crippen LogP contribution in [0.4, 0.5) is 17.1 Å².